The normalized spacial score (nSPS) is 20.9. The van der Waals surface area contributed by atoms with Crippen LogP contribution >= 0.6 is 0 Å². The summed E-state index contributed by atoms with van der Waals surface area (Å²) < 4.78 is 68.6. The van der Waals surface area contributed by atoms with Crippen molar-refractivity contribution in [2.24, 2.45) is 16.6 Å². The Labute approximate surface area is 178 Å². The van der Waals surface area contributed by atoms with Gasteiger partial charge in [-0.25, -0.2) is 13.8 Å². The number of carbonyl (C=O) groups excluding carboxylic acids is 1. The third-order valence-corrected chi connectivity index (χ3v) is 5.50. The topological polar surface area (TPSA) is 96.0 Å². The number of nitrogens with two attached hydrogens (primary N) is 1. The van der Waals surface area contributed by atoms with Crippen molar-refractivity contribution in [3.63, 3.8) is 0 Å². The van der Waals surface area contributed by atoms with E-state index in [1.807, 2.05) is 0 Å². The summed E-state index contributed by atoms with van der Waals surface area (Å²) >= 11 is 0. The first-order valence-electron chi connectivity index (χ1n) is 9.54. The molecule has 2 aliphatic rings. The summed E-state index contributed by atoms with van der Waals surface area (Å²) in [6, 6.07) is 3.76. The molecule has 0 aromatic heterocycles. The number of fused-ring (bicyclic) bond motifs is 1. The van der Waals surface area contributed by atoms with Crippen molar-refractivity contribution in [2.75, 3.05) is 18.0 Å². The summed E-state index contributed by atoms with van der Waals surface area (Å²) in [6.07, 6.45) is -4.13. The summed E-state index contributed by atoms with van der Waals surface area (Å²) in [5.74, 6) is -6.89. The lowest BCUT2D eigenvalue weighted by molar-refractivity contribution is -0.138. The number of aliphatic carboxylic acids is 1. The largest absolute Gasteiger partial charge is 0.480 e. The molecule has 2 atom stereocenters. The number of carboxylic acids is 1. The molecule has 0 amide bonds. The maximum absolute atomic E-state index is 15.3. The molecular weight excluding hydrogens is 437 g/mol. The van der Waals surface area contributed by atoms with Crippen molar-refractivity contribution >= 4 is 28.8 Å². The summed E-state index contributed by atoms with van der Waals surface area (Å²) in [4.78, 5) is 30.0. The SMILES string of the molecule is NC1CCN(c2c(F)cc3c(c2F)N=C(c2ccc(C(F)(F)F)cc2)C(C(=O)O)C3=O)C1. The van der Waals surface area contributed by atoms with Gasteiger partial charge in [0.15, 0.2) is 17.5 Å². The Morgan fingerprint density at radius 1 is 1.19 bits per heavy atom. The second-order valence-electron chi connectivity index (χ2n) is 7.62. The number of carbonyl (C=O) groups is 2. The molecule has 6 nitrogen and oxygen atoms in total. The van der Waals surface area contributed by atoms with Crippen LogP contribution in [0.15, 0.2) is 35.3 Å². The molecule has 168 valence electrons. The van der Waals surface area contributed by atoms with Crippen LogP contribution in [0.2, 0.25) is 0 Å². The van der Waals surface area contributed by atoms with E-state index in [1.54, 1.807) is 0 Å². The van der Waals surface area contributed by atoms with Gasteiger partial charge in [-0.3, -0.25) is 9.59 Å². The Balaban J connectivity index is 1.87. The van der Waals surface area contributed by atoms with Crippen LogP contribution in [0, 0.1) is 17.6 Å². The van der Waals surface area contributed by atoms with Crippen LogP contribution in [0.3, 0.4) is 0 Å². The maximum atomic E-state index is 15.3. The molecule has 0 radical (unpaired) electrons. The highest BCUT2D eigenvalue weighted by Gasteiger charge is 2.41. The molecule has 32 heavy (non-hydrogen) atoms. The smallest absolute Gasteiger partial charge is 0.416 e. The van der Waals surface area contributed by atoms with E-state index in [4.69, 9.17) is 5.73 Å². The van der Waals surface area contributed by atoms with Gasteiger partial charge in [-0.2, -0.15) is 13.2 Å². The van der Waals surface area contributed by atoms with Gasteiger partial charge in [0.05, 0.1) is 16.8 Å². The van der Waals surface area contributed by atoms with Gasteiger partial charge in [-0.15, -0.1) is 0 Å². The monoisotopic (exact) mass is 453 g/mol. The lowest BCUT2D eigenvalue weighted by Gasteiger charge is -2.25. The molecule has 0 bridgehead atoms. The van der Waals surface area contributed by atoms with E-state index in [2.05, 4.69) is 4.99 Å². The minimum Gasteiger partial charge on any atom is -0.480 e. The number of hydrogen-bond acceptors (Lipinski definition) is 5. The minimum atomic E-state index is -4.63. The molecule has 2 aromatic rings. The number of hydrogen-bond donors (Lipinski definition) is 2. The van der Waals surface area contributed by atoms with Crippen LogP contribution in [-0.2, 0) is 11.0 Å². The van der Waals surface area contributed by atoms with Crippen molar-refractivity contribution in [3.05, 3.63) is 58.7 Å². The van der Waals surface area contributed by atoms with Crippen LogP contribution in [0.1, 0.15) is 27.9 Å². The van der Waals surface area contributed by atoms with E-state index in [-0.39, 0.29) is 24.7 Å². The molecule has 0 spiro atoms. The number of Topliss-reactive ketones (excluding diaryl/α,β-unsaturated/α-hetero) is 1. The third-order valence-electron chi connectivity index (χ3n) is 5.50. The molecule has 1 fully saturated rings. The zero-order chi connectivity index (χ0) is 23.4. The van der Waals surface area contributed by atoms with E-state index in [9.17, 15) is 32.3 Å². The van der Waals surface area contributed by atoms with E-state index in [0.29, 0.717) is 18.6 Å². The third kappa shape index (κ3) is 3.62. The molecule has 11 heteroatoms. The van der Waals surface area contributed by atoms with E-state index < -0.39 is 63.7 Å². The Kier molecular flexibility index (Phi) is 5.24. The Hall–Kier alpha value is -3.34. The van der Waals surface area contributed by atoms with E-state index >= 15 is 4.39 Å². The van der Waals surface area contributed by atoms with Crippen molar-refractivity contribution in [1.82, 2.24) is 0 Å². The standard InChI is InChI=1S/C21H16F5N3O3/c22-13-7-12-17(15(23)18(13)29-6-5-11(27)8-29)28-16(14(19(12)30)20(31)32)9-1-3-10(4-2-9)21(24,25)26/h1-4,7,11,14H,5-6,8,27H2,(H,31,32). The zero-order valence-corrected chi connectivity index (χ0v) is 16.3. The molecule has 3 N–H and O–H groups in total. The highest BCUT2D eigenvalue weighted by molar-refractivity contribution is 6.31. The van der Waals surface area contributed by atoms with Gasteiger partial charge in [0, 0.05) is 19.1 Å². The number of halogens is 5. The number of ketones is 1. The van der Waals surface area contributed by atoms with Gasteiger partial charge in [0.2, 0.25) is 0 Å². The number of alkyl halides is 3. The van der Waals surface area contributed by atoms with Gasteiger partial charge >= 0.3 is 12.1 Å². The van der Waals surface area contributed by atoms with Crippen molar-refractivity contribution in [2.45, 2.75) is 18.6 Å². The number of aliphatic imine (C=N–C) groups is 1. The van der Waals surface area contributed by atoms with Crippen LogP contribution < -0.4 is 10.6 Å². The maximum Gasteiger partial charge on any atom is 0.416 e. The van der Waals surface area contributed by atoms with Crippen LogP contribution in [0.25, 0.3) is 0 Å². The van der Waals surface area contributed by atoms with Crippen LogP contribution in [0.5, 0.6) is 0 Å². The van der Waals surface area contributed by atoms with Gasteiger partial charge in [0.25, 0.3) is 0 Å². The van der Waals surface area contributed by atoms with Crippen LogP contribution in [-0.4, -0.2) is 41.7 Å². The van der Waals surface area contributed by atoms with Crippen molar-refractivity contribution in [3.8, 4) is 0 Å². The van der Waals surface area contributed by atoms with Gasteiger partial charge in [-0.05, 0) is 30.2 Å². The lowest BCUT2D eigenvalue weighted by atomic mass is 9.85. The van der Waals surface area contributed by atoms with Crippen LogP contribution in [0.4, 0.5) is 33.3 Å². The second kappa shape index (κ2) is 7.66. The summed E-state index contributed by atoms with van der Waals surface area (Å²) in [5.41, 5.74) is 2.74. The number of benzene rings is 2. The average molecular weight is 453 g/mol. The summed E-state index contributed by atoms with van der Waals surface area (Å²) in [6.45, 7) is 0.447. The molecular formula is C21H16F5N3O3. The fourth-order valence-corrected chi connectivity index (χ4v) is 3.93. The molecule has 2 aliphatic heterocycles. The second-order valence-corrected chi connectivity index (χ2v) is 7.62. The van der Waals surface area contributed by atoms with Gasteiger partial charge in [0.1, 0.15) is 17.2 Å². The molecule has 2 heterocycles. The average Bonchev–Trinajstić information content (AvgIpc) is 3.13. The number of carboxylic acid groups (broad SMARTS) is 1. The molecule has 4 rings (SSSR count). The Morgan fingerprint density at radius 2 is 1.84 bits per heavy atom. The highest BCUT2D eigenvalue weighted by atomic mass is 19.4. The lowest BCUT2D eigenvalue weighted by Crippen LogP contribution is -2.35. The number of nitrogens with zero attached hydrogens (tertiary/aromatic N) is 2. The minimum absolute atomic E-state index is 0.0992. The predicted molar refractivity (Wildman–Crippen MR) is 104 cm³/mol. The number of rotatable bonds is 3. The summed E-state index contributed by atoms with van der Waals surface area (Å²) in [7, 11) is 0. The fraction of sp³-hybridized carbons (Fsp3) is 0.286. The Bertz CT molecular complexity index is 1140. The van der Waals surface area contributed by atoms with Gasteiger partial charge in [-0.1, -0.05) is 12.1 Å². The first kappa shape index (κ1) is 21.9. The molecule has 0 aliphatic carbocycles. The first-order valence-corrected chi connectivity index (χ1v) is 9.54. The Morgan fingerprint density at radius 3 is 2.38 bits per heavy atom. The van der Waals surface area contributed by atoms with Crippen molar-refractivity contribution < 1.29 is 36.6 Å². The zero-order valence-electron chi connectivity index (χ0n) is 16.3. The first-order chi connectivity index (χ1) is 15.0. The number of anilines is 1. The molecule has 2 unspecified atom stereocenters. The highest BCUT2D eigenvalue weighted by Crippen LogP contribution is 2.40. The van der Waals surface area contributed by atoms with Crippen molar-refractivity contribution in [1.29, 1.82) is 0 Å². The molecule has 1 saturated heterocycles. The van der Waals surface area contributed by atoms with E-state index in [0.717, 1.165) is 18.2 Å². The molecule has 0 saturated carbocycles. The fourth-order valence-electron chi connectivity index (χ4n) is 3.93. The predicted octanol–water partition coefficient (Wildman–Crippen LogP) is 3.54. The van der Waals surface area contributed by atoms with Gasteiger partial charge < -0.3 is 15.7 Å². The molecule has 2 aromatic carbocycles. The van der Waals surface area contributed by atoms with E-state index in [1.165, 1.54) is 4.90 Å². The quantitative estimate of drug-likeness (QED) is 0.548. The summed E-state index contributed by atoms with van der Waals surface area (Å²) in [5, 5.41) is 9.55.